The van der Waals surface area contributed by atoms with Crippen molar-refractivity contribution in [1.29, 1.82) is 0 Å². The van der Waals surface area contributed by atoms with E-state index >= 15 is 0 Å². The summed E-state index contributed by atoms with van der Waals surface area (Å²) in [5.74, 6) is 0. The van der Waals surface area contributed by atoms with Crippen molar-refractivity contribution in [3.8, 4) is 0 Å². The monoisotopic (exact) mass is 330 g/mol. The average molecular weight is 332 g/mol. The van der Waals surface area contributed by atoms with E-state index in [-0.39, 0.29) is 6.04 Å². The number of hydrogen-bond donors (Lipinski definition) is 1. The van der Waals surface area contributed by atoms with Gasteiger partial charge in [-0.1, -0.05) is 27.5 Å². The number of rotatable bonds is 3. The molecule has 2 aromatic rings. The molecular formula is C12H12BrClN2S. The zero-order valence-corrected chi connectivity index (χ0v) is 12.7. The maximum Gasteiger partial charge on any atom is 0.0798 e. The number of halogens is 2. The Labute approximate surface area is 118 Å². The number of benzene rings is 1. The fourth-order valence-corrected chi connectivity index (χ4v) is 2.98. The maximum atomic E-state index is 6.15. The van der Waals surface area contributed by atoms with Crippen molar-refractivity contribution in [1.82, 2.24) is 4.98 Å². The van der Waals surface area contributed by atoms with Crippen LogP contribution in [0.1, 0.15) is 23.5 Å². The molecule has 2 nitrogen and oxygen atoms in total. The van der Waals surface area contributed by atoms with Gasteiger partial charge in [0.25, 0.3) is 0 Å². The number of hydrogen-bond acceptors (Lipinski definition) is 3. The lowest BCUT2D eigenvalue weighted by Crippen LogP contribution is -2.06. The standard InChI is InChI=1S/C12H12BrClN2S/c1-7-12(17-6-15-7)8(2)16-11-5-9(13)3-4-10(11)14/h3-6,8,16H,1-2H3. The van der Waals surface area contributed by atoms with E-state index in [2.05, 4.69) is 33.2 Å². The summed E-state index contributed by atoms with van der Waals surface area (Å²) in [6.45, 7) is 4.13. The van der Waals surface area contributed by atoms with E-state index in [1.54, 1.807) is 11.3 Å². The Morgan fingerprint density at radius 2 is 2.24 bits per heavy atom. The molecule has 1 N–H and O–H groups in total. The highest BCUT2D eigenvalue weighted by atomic mass is 79.9. The van der Waals surface area contributed by atoms with Crippen LogP contribution in [-0.2, 0) is 0 Å². The summed E-state index contributed by atoms with van der Waals surface area (Å²) in [5, 5.41) is 4.13. The van der Waals surface area contributed by atoms with E-state index in [9.17, 15) is 0 Å². The van der Waals surface area contributed by atoms with Gasteiger partial charge < -0.3 is 5.32 Å². The van der Waals surface area contributed by atoms with Gasteiger partial charge >= 0.3 is 0 Å². The fourth-order valence-electron chi connectivity index (χ4n) is 1.63. The van der Waals surface area contributed by atoms with Gasteiger partial charge in [-0.2, -0.15) is 0 Å². The molecular weight excluding hydrogens is 320 g/mol. The van der Waals surface area contributed by atoms with Gasteiger partial charge in [0.2, 0.25) is 0 Å². The van der Waals surface area contributed by atoms with Crippen molar-refractivity contribution in [2.24, 2.45) is 0 Å². The van der Waals surface area contributed by atoms with Crippen molar-refractivity contribution >= 4 is 44.6 Å². The molecule has 0 spiro atoms. The van der Waals surface area contributed by atoms with Crippen molar-refractivity contribution in [2.45, 2.75) is 19.9 Å². The zero-order valence-electron chi connectivity index (χ0n) is 9.50. The van der Waals surface area contributed by atoms with Gasteiger partial charge in [0.05, 0.1) is 28.0 Å². The summed E-state index contributed by atoms with van der Waals surface area (Å²) in [6.07, 6.45) is 0. The van der Waals surface area contributed by atoms with E-state index in [1.165, 1.54) is 4.88 Å². The first-order valence-electron chi connectivity index (χ1n) is 5.19. The molecule has 0 aliphatic rings. The third kappa shape index (κ3) is 3.00. The van der Waals surface area contributed by atoms with Crippen LogP contribution in [0.25, 0.3) is 0 Å². The molecule has 1 aromatic carbocycles. The Morgan fingerprint density at radius 3 is 2.88 bits per heavy atom. The molecule has 0 radical (unpaired) electrons. The van der Waals surface area contributed by atoms with Crippen molar-refractivity contribution < 1.29 is 0 Å². The highest BCUT2D eigenvalue weighted by Gasteiger charge is 2.12. The first kappa shape index (κ1) is 12.9. The Bertz CT molecular complexity index is 527. The van der Waals surface area contributed by atoms with Crippen LogP contribution in [0.3, 0.4) is 0 Å². The Hall–Kier alpha value is -0.580. The van der Waals surface area contributed by atoms with Crippen LogP contribution in [-0.4, -0.2) is 4.98 Å². The van der Waals surface area contributed by atoms with Crippen LogP contribution in [0.4, 0.5) is 5.69 Å². The molecule has 17 heavy (non-hydrogen) atoms. The Balaban J connectivity index is 2.21. The molecule has 0 amide bonds. The van der Waals surface area contributed by atoms with Gasteiger partial charge in [0, 0.05) is 9.35 Å². The number of thiazole rings is 1. The number of nitrogens with one attached hydrogen (secondary N) is 1. The van der Waals surface area contributed by atoms with Gasteiger partial charge in [-0.15, -0.1) is 11.3 Å². The van der Waals surface area contributed by atoms with E-state index < -0.39 is 0 Å². The van der Waals surface area contributed by atoms with Crippen LogP contribution in [0.2, 0.25) is 5.02 Å². The summed E-state index contributed by atoms with van der Waals surface area (Å²) in [6, 6.07) is 5.99. The average Bonchev–Trinajstić information content (AvgIpc) is 2.70. The third-order valence-electron chi connectivity index (χ3n) is 2.48. The fraction of sp³-hybridized carbons (Fsp3) is 0.250. The molecule has 1 unspecified atom stereocenters. The topological polar surface area (TPSA) is 24.9 Å². The van der Waals surface area contributed by atoms with Crippen molar-refractivity contribution in [2.75, 3.05) is 5.32 Å². The van der Waals surface area contributed by atoms with Gasteiger partial charge in [-0.05, 0) is 32.0 Å². The van der Waals surface area contributed by atoms with E-state index in [0.717, 1.165) is 20.9 Å². The molecule has 1 aromatic heterocycles. The highest BCUT2D eigenvalue weighted by molar-refractivity contribution is 9.10. The number of aryl methyl sites for hydroxylation is 1. The lowest BCUT2D eigenvalue weighted by atomic mass is 10.2. The summed E-state index contributed by atoms with van der Waals surface area (Å²) >= 11 is 11.2. The minimum Gasteiger partial charge on any atom is -0.376 e. The van der Waals surface area contributed by atoms with E-state index in [1.807, 2.05) is 30.6 Å². The van der Waals surface area contributed by atoms with Crippen molar-refractivity contribution in [3.63, 3.8) is 0 Å². The molecule has 2 rings (SSSR count). The molecule has 0 aliphatic heterocycles. The van der Waals surface area contributed by atoms with Crippen LogP contribution in [0, 0.1) is 6.92 Å². The van der Waals surface area contributed by atoms with Crippen LogP contribution >= 0.6 is 38.9 Å². The SMILES string of the molecule is Cc1ncsc1C(C)Nc1cc(Br)ccc1Cl. The quantitative estimate of drug-likeness (QED) is 0.852. The molecule has 0 saturated heterocycles. The number of aromatic nitrogens is 1. The van der Waals surface area contributed by atoms with Gasteiger partial charge in [0.1, 0.15) is 0 Å². The zero-order chi connectivity index (χ0) is 12.4. The minimum atomic E-state index is 0.203. The summed E-state index contributed by atoms with van der Waals surface area (Å²) in [7, 11) is 0. The van der Waals surface area contributed by atoms with E-state index in [0.29, 0.717) is 0 Å². The second-order valence-electron chi connectivity index (χ2n) is 3.79. The normalized spacial score (nSPS) is 12.5. The molecule has 90 valence electrons. The first-order chi connectivity index (χ1) is 8.08. The smallest absolute Gasteiger partial charge is 0.0798 e. The largest absolute Gasteiger partial charge is 0.376 e. The van der Waals surface area contributed by atoms with Gasteiger partial charge in [-0.25, -0.2) is 4.98 Å². The minimum absolute atomic E-state index is 0.203. The third-order valence-corrected chi connectivity index (χ3v) is 4.41. The molecule has 0 saturated carbocycles. The summed E-state index contributed by atoms with van der Waals surface area (Å²) in [5.41, 5.74) is 3.87. The Kier molecular flexibility index (Phi) is 4.07. The first-order valence-corrected chi connectivity index (χ1v) is 7.24. The van der Waals surface area contributed by atoms with E-state index in [4.69, 9.17) is 11.6 Å². The van der Waals surface area contributed by atoms with Gasteiger partial charge in [0.15, 0.2) is 0 Å². The van der Waals surface area contributed by atoms with Gasteiger partial charge in [-0.3, -0.25) is 0 Å². The van der Waals surface area contributed by atoms with Crippen LogP contribution in [0.15, 0.2) is 28.2 Å². The van der Waals surface area contributed by atoms with Crippen molar-refractivity contribution in [3.05, 3.63) is 43.8 Å². The summed E-state index contributed by atoms with van der Waals surface area (Å²) in [4.78, 5) is 5.49. The second kappa shape index (κ2) is 5.38. The number of nitrogens with zero attached hydrogens (tertiary/aromatic N) is 1. The van der Waals surface area contributed by atoms with Crippen LogP contribution < -0.4 is 5.32 Å². The molecule has 0 bridgehead atoms. The number of anilines is 1. The summed E-state index contributed by atoms with van der Waals surface area (Å²) < 4.78 is 1.01. The van der Waals surface area contributed by atoms with Crippen LogP contribution in [0.5, 0.6) is 0 Å². The predicted octanol–water partition coefficient (Wildman–Crippen LogP) is 5.04. The predicted molar refractivity (Wildman–Crippen MR) is 78.0 cm³/mol. The second-order valence-corrected chi connectivity index (χ2v) is 6.00. The highest BCUT2D eigenvalue weighted by Crippen LogP contribution is 2.31. The Morgan fingerprint density at radius 1 is 1.47 bits per heavy atom. The molecule has 1 atom stereocenters. The lowest BCUT2D eigenvalue weighted by molar-refractivity contribution is 0.890. The molecule has 1 heterocycles. The molecule has 0 fully saturated rings. The molecule has 0 aliphatic carbocycles. The molecule has 5 heteroatoms. The maximum absolute atomic E-state index is 6.15. The lowest BCUT2D eigenvalue weighted by Gasteiger charge is -2.15.